The van der Waals surface area contributed by atoms with Gasteiger partial charge in [0.2, 0.25) is 0 Å². The van der Waals surface area contributed by atoms with Crippen LogP contribution in [0.5, 0.6) is 0 Å². The van der Waals surface area contributed by atoms with E-state index >= 15 is 0 Å². The number of amides is 1. The van der Waals surface area contributed by atoms with E-state index < -0.39 is 0 Å². The first-order chi connectivity index (χ1) is 13.9. The van der Waals surface area contributed by atoms with E-state index in [1.54, 1.807) is 17.0 Å². The summed E-state index contributed by atoms with van der Waals surface area (Å²) >= 11 is 0. The minimum atomic E-state index is -0.239. The van der Waals surface area contributed by atoms with Gasteiger partial charge in [0.15, 0.2) is 0 Å². The van der Waals surface area contributed by atoms with E-state index in [0.717, 1.165) is 29.8 Å². The molecule has 0 bridgehead atoms. The van der Waals surface area contributed by atoms with Gasteiger partial charge in [0.25, 0.3) is 5.91 Å². The van der Waals surface area contributed by atoms with E-state index in [2.05, 4.69) is 32.4 Å². The summed E-state index contributed by atoms with van der Waals surface area (Å²) in [6.45, 7) is 12.7. The monoisotopic (exact) mass is 396 g/mol. The predicted octanol–water partition coefficient (Wildman–Crippen LogP) is 5.80. The van der Waals surface area contributed by atoms with E-state index in [0.29, 0.717) is 12.1 Å². The smallest absolute Gasteiger partial charge is 0.258 e. The van der Waals surface area contributed by atoms with Crippen molar-refractivity contribution >= 4 is 11.6 Å². The van der Waals surface area contributed by atoms with Gasteiger partial charge in [-0.2, -0.15) is 0 Å². The first-order valence-electron chi connectivity index (χ1n) is 10.4. The largest absolute Gasteiger partial charge is 0.307 e. The van der Waals surface area contributed by atoms with Gasteiger partial charge in [-0.05, 0) is 69.3 Å². The molecule has 0 saturated heterocycles. The quantitative estimate of drug-likeness (QED) is 0.576. The van der Waals surface area contributed by atoms with Crippen LogP contribution >= 0.6 is 0 Å². The first-order valence-corrected chi connectivity index (χ1v) is 10.4. The van der Waals surface area contributed by atoms with Crippen LogP contribution in [0.1, 0.15) is 54.1 Å². The van der Waals surface area contributed by atoms with Crippen LogP contribution in [-0.2, 0) is 0 Å². The van der Waals surface area contributed by atoms with Crippen LogP contribution < -0.4 is 4.90 Å². The molecule has 0 saturated carbocycles. The van der Waals surface area contributed by atoms with Crippen LogP contribution in [0, 0.1) is 12.7 Å². The summed E-state index contributed by atoms with van der Waals surface area (Å²) in [5.74, 6) is -0.0410. The van der Waals surface area contributed by atoms with Gasteiger partial charge in [0.05, 0.1) is 0 Å². The number of rotatable bonds is 6. The Labute approximate surface area is 174 Å². The average Bonchev–Trinajstić information content (AvgIpc) is 3.06. The van der Waals surface area contributed by atoms with Crippen LogP contribution in [0.4, 0.5) is 10.1 Å². The molecule has 29 heavy (non-hydrogen) atoms. The van der Waals surface area contributed by atoms with Crippen molar-refractivity contribution in [2.24, 2.45) is 0 Å². The number of halogens is 1. The van der Waals surface area contributed by atoms with Crippen LogP contribution in [0.25, 0.3) is 0 Å². The molecule has 4 heteroatoms. The van der Waals surface area contributed by atoms with Gasteiger partial charge in [-0.25, -0.2) is 4.39 Å². The van der Waals surface area contributed by atoms with Gasteiger partial charge in [-0.1, -0.05) is 37.6 Å². The van der Waals surface area contributed by atoms with Crippen LogP contribution in [0.3, 0.4) is 0 Å². The van der Waals surface area contributed by atoms with Crippen molar-refractivity contribution in [1.29, 1.82) is 0 Å². The zero-order valence-electron chi connectivity index (χ0n) is 18.1. The number of fused-ring (bicyclic) bond motifs is 1. The van der Waals surface area contributed by atoms with E-state index in [9.17, 15) is 9.18 Å². The van der Waals surface area contributed by atoms with Gasteiger partial charge < -0.3 is 9.80 Å². The fraction of sp³-hybridized carbons (Fsp3) is 0.400. The summed E-state index contributed by atoms with van der Waals surface area (Å²) in [6, 6.07) is 12.3. The highest BCUT2D eigenvalue weighted by Crippen LogP contribution is 2.39. The maximum Gasteiger partial charge on any atom is 0.258 e. The second kappa shape index (κ2) is 10.9. The lowest BCUT2D eigenvalue weighted by molar-refractivity contribution is 0.0988. The van der Waals surface area contributed by atoms with Gasteiger partial charge in [-0.15, -0.1) is 6.58 Å². The Morgan fingerprint density at radius 1 is 1.24 bits per heavy atom. The zero-order chi connectivity index (χ0) is 21.4. The summed E-state index contributed by atoms with van der Waals surface area (Å²) in [7, 11) is 2.10. The summed E-state index contributed by atoms with van der Waals surface area (Å²) in [6.07, 6.45) is 4.05. The van der Waals surface area contributed by atoms with Crippen LogP contribution in [0.2, 0.25) is 0 Å². The average molecular weight is 397 g/mol. The van der Waals surface area contributed by atoms with Crippen LogP contribution in [-0.4, -0.2) is 37.5 Å². The Morgan fingerprint density at radius 2 is 1.93 bits per heavy atom. The third kappa shape index (κ3) is 6.01. The molecule has 1 aliphatic heterocycles. The van der Waals surface area contributed by atoms with Crippen molar-refractivity contribution in [2.45, 2.75) is 39.5 Å². The SMILES string of the molecule is C=CCN(C)CCC.CCC1CN(C(=O)c2ccc(C)cc2)c2ccc(F)cc21. The molecule has 2 aromatic carbocycles. The van der Waals surface area contributed by atoms with Crippen molar-refractivity contribution in [2.75, 3.05) is 31.6 Å². The van der Waals surface area contributed by atoms with E-state index in [4.69, 9.17) is 0 Å². The Kier molecular flexibility index (Phi) is 8.59. The molecule has 1 aliphatic rings. The normalized spacial score (nSPS) is 15.0. The topological polar surface area (TPSA) is 23.6 Å². The number of aryl methyl sites for hydroxylation is 1. The Bertz CT molecular complexity index is 816. The summed E-state index contributed by atoms with van der Waals surface area (Å²) in [4.78, 5) is 16.7. The number of carbonyl (C=O) groups excluding carboxylic acids is 1. The summed E-state index contributed by atoms with van der Waals surface area (Å²) in [5.41, 5.74) is 3.58. The molecule has 0 N–H and O–H groups in total. The highest BCUT2D eigenvalue weighted by Gasteiger charge is 2.32. The number of carbonyl (C=O) groups is 1. The maximum absolute atomic E-state index is 13.5. The molecule has 3 nitrogen and oxygen atoms in total. The fourth-order valence-corrected chi connectivity index (χ4v) is 3.60. The maximum atomic E-state index is 13.5. The molecular weight excluding hydrogens is 363 g/mol. The van der Waals surface area contributed by atoms with E-state index in [-0.39, 0.29) is 17.6 Å². The second-order valence-corrected chi connectivity index (χ2v) is 7.64. The fourth-order valence-electron chi connectivity index (χ4n) is 3.60. The molecule has 1 amide bonds. The molecule has 0 fully saturated rings. The molecule has 0 radical (unpaired) electrons. The standard InChI is InChI=1S/C18H18FNO.C7H15N/c1-3-13-11-20(17-9-8-15(19)10-16(13)17)18(21)14-6-4-12(2)5-7-14;1-4-6-8(3)7-5-2/h4-10,13H,3,11H2,1-2H3;4H,1,5-7H2,2-3H3. The minimum Gasteiger partial charge on any atom is -0.307 e. The molecular formula is C25H33FN2O. The molecule has 3 rings (SSSR count). The van der Waals surface area contributed by atoms with Crippen molar-refractivity contribution < 1.29 is 9.18 Å². The molecule has 0 aromatic heterocycles. The van der Waals surface area contributed by atoms with Crippen LogP contribution in [0.15, 0.2) is 55.1 Å². The second-order valence-electron chi connectivity index (χ2n) is 7.64. The highest BCUT2D eigenvalue weighted by molar-refractivity contribution is 6.07. The highest BCUT2D eigenvalue weighted by atomic mass is 19.1. The van der Waals surface area contributed by atoms with E-state index in [1.807, 2.05) is 37.3 Å². The summed E-state index contributed by atoms with van der Waals surface area (Å²) < 4.78 is 13.5. The van der Waals surface area contributed by atoms with Crippen molar-refractivity contribution in [3.63, 3.8) is 0 Å². The van der Waals surface area contributed by atoms with Gasteiger partial charge in [-0.3, -0.25) is 4.79 Å². The third-order valence-corrected chi connectivity index (χ3v) is 5.21. The molecule has 0 spiro atoms. The number of nitrogens with zero attached hydrogens (tertiary/aromatic N) is 2. The minimum absolute atomic E-state index is 0.0150. The number of benzene rings is 2. The van der Waals surface area contributed by atoms with Crippen molar-refractivity contribution in [3.05, 3.63) is 77.6 Å². The van der Waals surface area contributed by atoms with Gasteiger partial charge >= 0.3 is 0 Å². The Balaban J connectivity index is 0.000000321. The number of anilines is 1. The molecule has 156 valence electrons. The first kappa shape index (κ1) is 22.8. The third-order valence-electron chi connectivity index (χ3n) is 5.21. The molecule has 2 aromatic rings. The predicted molar refractivity (Wildman–Crippen MR) is 120 cm³/mol. The number of hydrogen-bond donors (Lipinski definition) is 0. The number of likely N-dealkylation sites (N-methyl/N-ethyl adjacent to an activating group) is 1. The molecule has 1 heterocycles. The lowest BCUT2D eigenvalue weighted by Crippen LogP contribution is -2.29. The lowest BCUT2D eigenvalue weighted by atomic mass is 9.99. The lowest BCUT2D eigenvalue weighted by Gasteiger charge is -2.18. The van der Waals surface area contributed by atoms with E-state index in [1.165, 1.54) is 19.0 Å². The Hall–Kier alpha value is -2.46. The molecule has 1 unspecified atom stereocenters. The zero-order valence-corrected chi connectivity index (χ0v) is 18.1. The molecule has 0 aliphatic carbocycles. The Morgan fingerprint density at radius 3 is 2.52 bits per heavy atom. The summed E-state index contributed by atoms with van der Waals surface area (Å²) in [5, 5.41) is 0. The van der Waals surface area contributed by atoms with Gasteiger partial charge in [0.1, 0.15) is 5.82 Å². The van der Waals surface area contributed by atoms with Gasteiger partial charge in [0, 0.05) is 30.3 Å². The van der Waals surface area contributed by atoms with Crippen molar-refractivity contribution in [3.8, 4) is 0 Å². The number of hydrogen-bond acceptors (Lipinski definition) is 2. The van der Waals surface area contributed by atoms with Crippen molar-refractivity contribution in [1.82, 2.24) is 4.90 Å². The molecule has 1 atom stereocenters.